The predicted molar refractivity (Wildman–Crippen MR) is 74.0 cm³/mol. The summed E-state index contributed by atoms with van der Waals surface area (Å²) in [7, 11) is 0. The molecular formula is C14H14ClFN2O2. The SMILES string of the molecule is Cc1nn(-c2ccc(Cl)c(F)c2)c(C)c1CCC(=O)O. The molecule has 0 spiro atoms. The number of halogens is 2. The molecule has 0 aliphatic carbocycles. The lowest BCUT2D eigenvalue weighted by molar-refractivity contribution is -0.136. The molecule has 0 aliphatic rings. The molecule has 1 heterocycles. The van der Waals surface area contributed by atoms with Crippen molar-refractivity contribution in [1.82, 2.24) is 9.78 Å². The fourth-order valence-electron chi connectivity index (χ4n) is 2.14. The van der Waals surface area contributed by atoms with E-state index in [1.807, 2.05) is 13.8 Å². The van der Waals surface area contributed by atoms with E-state index >= 15 is 0 Å². The van der Waals surface area contributed by atoms with Gasteiger partial charge in [0.15, 0.2) is 0 Å². The molecule has 0 aliphatic heterocycles. The standard InChI is InChI=1S/C14H14ClFN2O2/c1-8-11(4-6-14(19)20)9(2)18(17-8)10-3-5-12(15)13(16)7-10/h3,5,7H,4,6H2,1-2H3,(H,19,20). The Kier molecular flexibility index (Phi) is 4.09. The Morgan fingerprint density at radius 2 is 2.15 bits per heavy atom. The third-order valence-electron chi connectivity index (χ3n) is 3.18. The van der Waals surface area contributed by atoms with Gasteiger partial charge in [-0.3, -0.25) is 4.79 Å². The summed E-state index contributed by atoms with van der Waals surface area (Å²) >= 11 is 5.66. The predicted octanol–water partition coefficient (Wildman–Crippen LogP) is 3.30. The van der Waals surface area contributed by atoms with Gasteiger partial charge in [0.05, 0.1) is 16.4 Å². The Morgan fingerprint density at radius 1 is 1.45 bits per heavy atom. The molecule has 0 atom stereocenters. The van der Waals surface area contributed by atoms with Gasteiger partial charge in [0.25, 0.3) is 0 Å². The highest BCUT2D eigenvalue weighted by atomic mass is 35.5. The third kappa shape index (κ3) is 2.82. The molecule has 1 aromatic carbocycles. The number of nitrogens with zero attached hydrogens (tertiary/aromatic N) is 2. The zero-order chi connectivity index (χ0) is 14.9. The second kappa shape index (κ2) is 5.63. The first kappa shape index (κ1) is 14.5. The topological polar surface area (TPSA) is 55.1 Å². The summed E-state index contributed by atoms with van der Waals surface area (Å²) in [6.45, 7) is 3.65. The molecule has 106 valence electrons. The van der Waals surface area contributed by atoms with Crippen molar-refractivity contribution in [3.05, 3.63) is 46.0 Å². The maximum Gasteiger partial charge on any atom is 0.303 e. The molecule has 2 aromatic rings. The minimum Gasteiger partial charge on any atom is -0.481 e. The van der Waals surface area contributed by atoms with Gasteiger partial charge in [-0.1, -0.05) is 11.6 Å². The van der Waals surface area contributed by atoms with Crippen LogP contribution in [0.3, 0.4) is 0 Å². The van der Waals surface area contributed by atoms with Gasteiger partial charge in [0.2, 0.25) is 0 Å². The fourth-order valence-corrected chi connectivity index (χ4v) is 2.25. The van der Waals surface area contributed by atoms with Crippen molar-refractivity contribution in [2.24, 2.45) is 0 Å². The molecule has 0 unspecified atom stereocenters. The van der Waals surface area contributed by atoms with Gasteiger partial charge in [-0.25, -0.2) is 9.07 Å². The van der Waals surface area contributed by atoms with Gasteiger partial charge in [-0.2, -0.15) is 5.10 Å². The van der Waals surface area contributed by atoms with Crippen LogP contribution < -0.4 is 0 Å². The molecule has 0 amide bonds. The largest absolute Gasteiger partial charge is 0.481 e. The van der Waals surface area contributed by atoms with Crippen LogP contribution in [0.4, 0.5) is 4.39 Å². The van der Waals surface area contributed by atoms with Gasteiger partial charge >= 0.3 is 5.97 Å². The van der Waals surface area contributed by atoms with Crippen LogP contribution in [0.5, 0.6) is 0 Å². The number of rotatable bonds is 4. The minimum absolute atomic E-state index is 0.0440. The molecule has 20 heavy (non-hydrogen) atoms. The summed E-state index contributed by atoms with van der Waals surface area (Å²) in [5.41, 5.74) is 3.00. The summed E-state index contributed by atoms with van der Waals surface area (Å²) < 4.78 is 15.1. The van der Waals surface area contributed by atoms with Gasteiger partial charge < -0.3 is 5.11 Å². The summed E-state index contributed by atoms with van der Waals surface area (Å²) in [5.74, 6) is -1.36. The van der Waals surface area contributed by atoms with Crippen LogP contribution in [0.25, 0.3) is 5.69 Å². The van der Waals surface area contributed by atoms with Gasteiger partial charge in [0.1, 0.15) is 5.82 Å². The highest BCUT2D eigenvalue weighted by Crippen LogP contribution is 2.22. The first-order valence-corrected chi connectivity index (χ1v) is 6.50. The highest BCUT2D eigenvalue weighted by Gasteiger charge is 2.14. The zero-order valence-electron chi connectivity index (χ0n) is 11.2. The number of aromatic nitrogens is 2. The first-order valence-electron chi connectivity index (χ1n) is 6.12. The highest BCUT2D eigenvalue weighted by molar-refractivity contribution is 6.30. The van der Waals surface area contributed by atoms with Gasteiger partial charge in [-0.15, -0.1) is 0 Å². The van der Waals surface area contributed by atoms with E-state index in [1.165, 1.54) is 12.1 Å². The van der Waals surface area contributed by atoms with Crippen LogP contribution in [0.1, 0.15) is 23.4 Å². The number of hydrogen-bond acceptors (Lipinski definition) is 2. The van der Waals surface area contributed by atoms with Crippen LogP contribution in [-0.2, 0) is 11.2 Å². The molecule has 0 radical (unpaired) electrons. The van der Waals surface area contributed by atoms with Crippen molar-refractivity contribution in [3.63, 3.8) is 0 Å². The van der Waals surface area contributed by atoms with Crippen LogP contribution >= 0.6 is 11.6 Å². The van der Waals surface area contributed by atoms with E-state index in [2.05, 4.69) is 5.10 Å². The molecule has 1 aromatic heterocycles. The van der Waals surface area contributed by atoms with E-state index in [9.17, 15) is 9.18 Å². The van der Waals surface area contributed by atoms with E-state index in [0.717, 1.165) is 17.0 Å². The maximum atomic E-state index is 13.5. The third-order valence-corrected chi connectivity index (χ3v) is 3.48. The number of aliphatic carboxylic acids is 1. The van der Waals surface area contributed by atoms with Gasteiger partial charge in [0, 0.05) is 18.2 Å². The Morgan fingerprint density at radius 3 is 2.75 bits per heavy atom. The van der Waals surface area contributed by atoms with E-state index in [0.29, 0.717) is 12.1 Å². The van der Waals surface area contributed by atoms with Crippen molar-refractivity contribution in [2.45, 2.75) is 26.7 Å². The second-order valence-electron chi connectivity index (χ2n) is 4.55. The van der Waals surface area contributed by atoms with Crippen molar-refractivity contribution in [3.8, 4) is 5.69 Å². The molecule has 0 saturated heterocycles. The van der Waals surface area contributed by atoms with Crippen LogP contribution in [0, 0.1) is 19.7 Å². The average Bonchev–Trinajstić information content (AvgIpc) is 2.66. The molecule has 0 fully saturated rings. The number of hydrogen-bond donors (Lipinski definition) is 1. The number of benzene rings is 1. The zero-order valence-corrected chi connectivity index (χ0v) is 11.9. The number of carboxylic acid groups (broad SMARTS) is 1. The Labute approximate surface area is 120 Å². The summed E-state index contributed by atoms with van der Waals surface area (Å²) in [4.78, 5) is 10.7. The Hall–Kier alpha value is -1.88. The maximum absolute atomic E-state index is 13.5. The summed E-state index contributed by atoms with van der Waals surface area (Å²) in [6.07, 6.45) is 0.450. The van der Waals surface area contributed by atoms with E-state index in [1.54, 1.807) is 10.7 Å². The summed E-state index contributed by atoms with van der Waals surface area (Å²) in [5, 5.41) is 13.2. The molecule has 0 saturated carbocycles. The molecule has 1 N–H and O–H groups in total. The number of carboxylic acids is 1. The van der Waals surface area contributed by atoms with Crippen LogP contribution in [0.15, 0.2) is 18.2 Å². The fraction of sp³-hybridized carbons (Fsp3) is 0.286. The minimum atomic E-state index is -0.853. The van der Waals surface area contributed by atoms with Crippen molar-refractivity contribution >= 4 is 17.6 Å². The van der Waals surface area contributed by atoms with Gasteiger partial charge in [-0.05, 0) is 38.0 Å². The average molecular weight is 297 g/mol. The molecule has 0 bridgehead atoms. The van der Waals surface area contributed by atoms with E-state index in [4.69, 9.17) is 16.7 Å². The quantitative estimate of drug-likeness (QED) is 0.942. The summed E-state index contributed by atoms with van der Waals surface area (Å²) in [6, 6.07) is 4.45. The number of carbonyl (C=O) groups is 1. The molecular weight excluding hydrogens is 283 g/mol. The lowest BCUT2D eigenvalue weighted by atomic mass is 10.1. The Balaban J connectivity index is 2.40. The normalized spacial score (nSPS) is 10.8. The van der Waals surface area contributed by atoms with Crippen molar-refractivity contribution < 1.29 is 14.3 Å². The van der Waals surface area contributed by atoms with E-state index < -0.39 is 11.8 Å². The lowest BCUT2D eigenvalue weighted by Gasteiger charge is -2.06. The van der Waals surface area contributed by atoms with E-state index in [-0.39, 0.29) is 11.4 Å². The molecule has 6 heteroatoms. The van der Waals surface area contributed by atoms with Crippen LogP contribution in [0.2, 0.25) is 5.02 Å². The van der Waals surface area contributed by atoms with Crippen molar-refractivity contribution in [1.29, 1.82) is 0 Å². The first-order chi connectivity index (χ1) is 9.40. The lowest BCUT2D eigenvalue weighted by Crippen LogP contribution is -2.02. The molecule has 4 nitrogen and oxygen atoms in total. The van der Waals surface area contributed by atoms with Crippen LogP contribution in [-0.4, -0.2) is 20.9 Å². The molecule has 2 rings (SSSR count). The number of aryl methyl sites for hydroxylation is 1. The Bertz CT molecular complexity index is 667. The smallest absolute Gasteiger partial charge is 0.303 e. The second-order valence-corrected chi connectivity index (χ2v) is 4.96. The monoisotopic (exact) mass is 296 g/mol. The van der Waals surface area contributed by atoms with Crippen molar-refractivity contribution in [2.75, 3.05) is 0 Å².